The van der Waals surface area contributed by atoms with E-state index in [9.17, 15) is 4.79 Å². The molecule has 0 atom stereocenters. The Morgan fingerprint density at radius 3 is 2.81 bits per heavy atom. The first-order chi connectivity index (χ1) is 12.9. The van der Waals surface area contributed by atoms with Gasteiger partial charge >= 0.3 is 0 Å². The molecule has 0 aliphatic rings. The zero-order chi connectivity index (χ0) is 19.6. The van der Waals surface area contributed by atoms with Gasteiger partial charge in [-0.15, -0.1) is 11.3 Å². The van der Waals surface area contributed by atoms with E-state index in [2.05, 4.69) is 16.2 Å². The average molecular weight is 402 g/mol. The summed E-state index contributed by atoms with van der Waals surface area (Å²) >= 11 is 7.48. The molecule has 0 aliphatic heterocycles. The third-order valence-electron chi connectivity index (χ3n) is 4.63. The maximum Gasteiger partial charge on any atom is 0.223 e. The summed E-state index contributed by atoms with van der Waals surface area (Å²) in [6, 6.07) is 5.92. The summed E-state index contributed by atoms with van der Waals surface area (Å²) in [6.45, 7) is 7.05. The fraction of sp³-hybridized carbons (Fsp3) is 0.368. The van der Waals surface area contributed by atoms with Gasteiger partial charge < -0.3 is 4.90 Å². The number of nitriles is 1. The second-order valence-corrected chi connectivity index (χ2v) is 8.08. The number of amides is 1. The van der Waals surface area contributed by atoms with Crippen molar-refractivity contribution in [1.29, 1.82) is 5.26 Å². The molecule has 0 unspecified atom stereocenters. The van der Waals surface area contributed by atoms with Crippen molar-refractivity contribution < 1.29 is 4.79 Å². The maximum atomic E-state index is 12.7. The van der Waals surface area contributed by atoms with Crippen LogP contribution in [0, 0.1) is 25.2 Å². The van der Waals surface area contributed by atoms with E-state index in [-0.39, 0.29) is 5.91 Å². The normalized spacial score (nSPS) is 10.9. The molecule has 27 heavy (non-hydrogen) atoms. The summed E-state index contributed by atoms with van der Waals surface area (Å²) in [6.07, 6.45) is 2.51. The molecule has 0 saturated heterocycles. The Morgan fingerprint density at radius 2 is 2.19 bits per heavy atom. The smallest absolute Gasteiger partial charge is 0.223 e. The Morgan fingerprint density at radius 1 is 1.41 bits per heavy atom. The number of aryl methyl sites for hydroxylation is 2. The predicted molar refractivity (Wildman–Crippen MR) is 106 cm³/mol. The third kappa shape index (κ3) is 3.97. The van der Waals surface area contributed by atoms with Gasteiger partial charge in [0.1, 0.15) is 11.6 Å². The molecule has 8 heteroatoms. The third-order valence-corrected chi connectivity index (χ3v) is 5.84. The van der Waals surface area contributed by atoms with E-state index in [1.54, 1.807) is 4.52 Å². The van der Waals surface area contributed by atoms with E-state index in [4.69, 9.17) is 16.9 Å². The molecule has 0 spiro atoms. The van der Waals surface area contributed by atoms with Crippen molar-refractivity contribution in [2.75, 3.05) is 6.54 Å². The number of carbonyl (C=O) groups is 1. The van der Waals surface area contributed by atoms with Crippen LogP contribution < -0.4 is 0 Å². The molecular weight excluding hydrogens is 382 g/mol. The lowest BCUT2D eigenvalue weighted by molar-refractivity contribution is -0.131. The summed E-state index contributed by atoms with van der Waals surface area (Å²) in [7, 11) is 0. The van der Waals surface area contributed by atoms with E-state index < -0.39 is 0 Å². The minimum Gasteiger partial charge on any atom is -0.338 e. The standard InChI is InChI=1S/C19H20ClN5OS/c1-4-24(11-15-5-7-17(20)27-15)18(26)8-6-16-12(2)23-19-14(9-21)10-22-25(19)13(16)3/h5,7,10H,4,6,8,11H2,1-3H3. The van der Waals surface area contributed by atoms with Crippen molar-refractivity contribution >= 4 is 34.5 Å². The highest BCUT2D eigenvalue weighted by Gasteiger charge is 2.17. The number of fused-ring (bicyclic) bond motifs is 1. The van der Waals surface area contributed by atoms with Gasteiger partial charge in [-0.2, -0.15) is 10.4 Å². The molecule has 0 saturated carbocycles. The fourth-order valence-corrected chi connectivity index (χ4v) is 4.25. The van der Waals surface area contributed by atoms with Crippen LogP contribution in [0.3, 0.4) is 0 Å². The van der Waals surface area contributed by atoms with Crippen LogP contribution in [-0.2, 0) is 17.8 Å². The summed E-state index contributed by atoms with van der Waals surface area (Å²) in [5.74, 6) is 0.0964. The van der Waals surface area contributed by atoms with Crippen LogP contribution in [0.1, 0.15) is 40.7 Å². The summed E-state index contributed by atoms with van der Waals surface area (Å²) in [4.78, 5) is 20.1. The van der Waals surface area contributed by atoms with Crippen LogP contribution in [-0.4, -0.2) is 31.9 Å². The van der Waals surface area contributed by atoms with Crippen molar-refractivity contribution in [3.8, 4) is 6.07 Å². The highest BCUT2D eigenvalue weighted by atomic mass is 35.5. The van der Waals surface area contributed by atoms with Crippen LogP contribution >= 0.6 is 22.9 Å². The van der Waals surface area contributed by atoms with E-state index in [0.29, 0.717) is 37.1 Å². The Balaban J connectivity index is 1.75. The maximum absolute atomic E-state index is 12.7. The number of rotatable bonds is 6. The van der Waals surface area contributed by atoms with Gasteiger partial charge in [0, 0.05) is 29.2 Å². The molecule has 1 amide bonds. The van der Waals surface area contributed by atoms with Crippen LogP contribution in [0.5, 0.6) is 0 Å². The SMILES string of the molecule is CCN(Cc1ccc(Cl)s1)C(=O)CCc1c(C)nc2c(C#N)cnn2c1C. The molecule has 0 aromatic carbocycles. The van der Waals surface area contributed by atoms with E-state index in [0.717, 1.165) is 26.2 Å². The monoisotopic (exact) mass is 401 g/mol. The van der Waals surface area contributed by atoms with Crippen molar-refractivity contribution in [3.63, 3.8) is 0 Å². The number of hydrogen-bond donors (Lipinski definition) is 0. The zero-order valence-corrected chi connectivity index (χ0v) is 17.1. The number of thiophene rings is 1. The molecule has 0 fully saturated rings. The van der Waals surface area contributed by atoms with E-state index >= 15 is 0 Å². The predicted octanol–water partition coefficient (Wildman–Crippen LogP) is 3.91. The van der Waals surface area contributed by atoms with Gasteiger partial charge in [0.15, 0.2) is 5.65 Å². The van der Waals surface area contributed by atoms with E-state index in [1.807, 2.05) is 37.8 Å². The van der Waals surface area contributed by atoms with Gasteiger partial charge in [0.2, 0.25) is 5.91 Å². The second kappa shape index (κ2) is 8.07. The summed E-state index contributed by atoms with van der Waals surface area (Å²) in [5, 5.41) is 13.4. The van der Waals surface area contributed by atoms with Crippen LogP contribution in [0.2, 0.25) is 4.34 Å². The van der Waals surface area contributed by atoms with E-state index in [1.165, 1.54) is 17.5 Å². The molecule has 3 rings (SSSR count). The quantitative estimate of drug-likeness (QED) is 0.627. The number of hydrogen-bond acceptors (Lipinski definition) is 5. The molecule has 0 N–H and O–H groups in total. The number of aromatic nitrogens is 3. The molecular formula is C19H20ClN5OS. The van der Waals surface area contributed by atoms with Gasteiger partial charge in [-0.25, -0.2) is 9.50 Å². The summed E-state index contributed by atoms with van der Waals surface area (Å²) < 4.78 is 2.41. The Hall–Kier alpha value is -2.43. The number of nitrogens with zero attached hydrogens (tertiary/aromatic N) is 5. The average Bonchev–Trinajstić information content (AvgIpc) is 3.24. The first-order valence-electron chi connectivity index (χ1n) is 8.70. The second-order valence-electron chi connectivity index (χ2n) is 6.28. The van der Waals surface area contributed by atoms with Crippen molar-refractivity contribution in [3.05, 3.63) is 50.1 Å². The van der Waals surface area contributed by atoms with Gasteiger partial charge in [0.05, 0.1) is 17.1 Å². The molecule has 3 heterocycles. The fourth-order valence-electron chi connectivity index (χ4n) is 3.14. The van der Waals surface area contributed by atoms with Gasteiger partial charge in [0.25, 0.3) is 0 Å². The number of carbonyl (C=O) groups excluding carboxylic acids is 1. The highest BCUT2D eigenvalue weighted by molar-refractivity contribution is 7.16. The lowest BCUT2D eigenvalue weighted by atomic mass is 10.1. The summed E-state index contributed by atoms with van der Waals surface area (Å²) in [5.41, 5.74) is 3.76. The lowest BCUT2D eigenvalue weighted by Crippen LogP contribution is -2.30. The number of halogens is 1. The molecule has 3 aromatic rings. The van der Waals surface area contributed by atoms with Crippen molar-refractivity contribution in [2.45, 2.75) is 40.2 Å². The minimum absolute atomic E-state index is 0.0964. The van der Waals surface area contributed by atoms with Crippen molar-refractivity contribution in [1.82, 2.24) is 19.5 Å². The van der Waals surface area contributed by atoms with Gasteiger partial charge in [-0.05, 0) is 44.9 Å². The van der Waals surface area contributed by atoms with Gasteiger partial charge in [-0.1, -0.05) is 11.6 Å². The van der Waals surface area contributed by atoms with Gasteiger partial charge in [-0.3, -0.25) is 4.79 Å². The van der Waals surface area contributed by atoms with Crippen LogP contribution in [0.15, 0.2) is 18.3 Å². The molecule has 3 aromatic heterocycles. The molecule has 0 bridgehead atoms. The zero-order valence-electron chi connectivity index (χ0n) is 15.5. The topological polar surface area (TPSA) is 74.3 Å². The molecule has 6 nitrogen and oxygen atoms in total. The van der Waals surface area contributed by atoms with Crippen LogP contribution in [0.25, 0.3) is 5.65 Å². The largest absolute Gasteiger partial charge is 0.338 e. The first-order valence-corrected chi connectivity index (χ1v) is 9.90. The minimum atomic E-state index is 0.0964. The highest BCUT2D eigenvalue weighted by Crippen LogP contribution is 2.23. The Kier molecular flexibility index (Phi) is 5.78. The van der Waals surface area contributed by atoms with Crippen LogP contribution in [0.4, 0.5) is 0 Å². The lowest BCUT2D eigenvalue weighted by Gasteiger charge is -2.20. The Bertz CT molecular complexity index is 1030. The molecule has 140 valence electrons. The first kappa shape index (κ1) is 19.3. The van der Waals surface area contributed by atoms with Crippen molar-refractivity contribution in [2.24, 2.45) is 0 Å². The molecule has 0 aliphatic carbocycles. The Labute approximate surface area is 167 Å². The molecule has 0 radical (unpaired) electrons.